The van der Waals surface area contributed by atoms with E-state index >= 15 is 0 Å². The van der Waals surface area contributed by atoms with Crippen LogP contribution >= 0.6 is 22.9 Å². The molecule has 5 heterocycles. The third kappa shape index (κ3) is 10.0. The molecule has 3 aromatic carbocycles. The fourth-order valence-electron chi connectivity index (χ4n) is 8.06. The lowest BCUT2D eigenvalue weighted by Crippen LogP contribution is -2.54. The molecule has 0 spiro atoms. The van der Waals surface area contributed by atoms with Crippen LogP contribution in [0.15, 0.2) is 72.8 Å². The second-order valence-electron chi connectivity index (χ2n) is 15.7. The standard InChI is InChI=1S/C47H48ClN7O9S/c1-27-28(2)65-47-41(27)36(30-7-9-32(48)10-8-30)25-31(43-53-52-29(3)54(43)47)26-40(57)50-33-11-13-34(14-12-33)64-24-23-63-22-21-62-20-19-61-18-17-49-37-6-4-5-35-42(37)46(60)55(45(35)59)38-15-16-39(56)51-44(38)58/h4-14,25,31,38,49H,15-24,26H2,1-3H3,(H,50,57)(H,51,56,58)/t31-,38?/m0/s1. The first-order chi connectivity index (χ1) is 31.5. The van der Waals surface area contributed by atoms with Crippen molar-refractivity contribution < 1.29 is 42.9 Å². The van der Waals surface area contributed by atoms with E-state index in [9.17, 15) is 24.0 Å². The number of imide groups is 2. The molecule has 5 aromatic rings. The van der Waals surface area contributed by atoms with Gasteiger partial charge in [0, 0.05) is 52.1 Å². The van der Waals surface area contributed by atoms with Crippen molar-refractivity contribution in [3.8, 4) is 10.8 Å². The summed E-state index contributed by atoms with van der Waals surface area (Å²) in [6.07, 6.45) is 2.44. The first kappa shape index (κ1) is 45.3. The number of rotatable bonds is 19. The minimum Gasteiger partial charge on any atom is -0.491 e. The Morgan fingerprint density at radius 1 is 0.846 bits per heavy atom. The highest BCUT2D eigenvalue weighted by atomic mass is 35.5. The number of allylic oxidation sites excluding steroid dienone is 1. The van der Waals surface area contributed by atoms with Crippen molar-refractivity contribution in [2.45, 2.75) is 52.0 Å². The van der Waals surface area contributed by atoms with Gasteiger partial charge in [-0.2, -0.15) is 0 Å². The van der Waals surface area contributed by atoms with E-state index < -0.39 is 29.7 Å². The number of halogens is 1. The molecule has 338 valence electrons. The number of ether oxygens (including phenoxy) is 4. The smallest absolute Gasteiger partial charge is 0.264 e. The summed E-state index contributed by atoms with van der Waals surface area (Å²) < 4.78 is 24.8. The Balaban J connectivity index is 0.716. The summed E-state index contributed by atoms with van der Waals surface area (Å²) in [5, 5.41) is 19.0. The van der Waals surface area contributed by atoms with Crippen LogP contribution in [0.5, 0.6) is 5.75 Å². The molecular weight excluding hydrogens is 874 g/mol. The number of piperidine rings is 1. The monoisotopic (exact) mass is 921 g/mol. The van der Waals surface area contributed by atoms with Gasteiger partial charge in [-0.3, -0.25) is 38.8 Å². The van der Waals surface area contributed by atoms with E-state index in [4.69, 9.17) is 30.5 Å². The highest BCUT2D eigenvalue weighted by Crippen LogP contribution is 2.44. The van der Waals surface area contributed by atoms with Crippen molar-refractivity contribution in [3.05, 3.63) is 122 Å². The van der Waals surface area contributed by atoms with Crippen LogP contribution in [-0.4, -0.2) is 108 Å². The lowest BCUT2D eigenvalue weighted by atomic mass is 9.92. The molecule has 5 amide bonds. The van der Waals surface area contributed by atoms with Crippen molar-refractivity contribution in [1.29, 1.82) is 0 Å². The number of amides is 5. The zero-order valence-corrected chi connectivity index (χ0v) is 37.7. The summed E-state index contributed by atoms with van der Waals surface area (Å²) in [5.74, 6) is -0.584. The Hall–Kier alpha value is -6.24. The molecule has 3 aliphatic heterocycles. The van der Waals surface area contributed by atoms with Gasteiger partial charge in [0.1, 0.15) is 35.0 Å². The van der Waals surface area contributed by atoms with Gasteiger partial charge in [0.25, 0.3) is 11.8 Å². The number of carbonyl (C=O) groups excluding carboxylic acids is 5. The number of carbonyl (C=O) groups is 5. The third-order valence-corrected chi connectivity index (χ3v) is 12.8. The number of nitrogens with zero attached hydrogens (tertiary/aromatic N) is 4. The molecule has 3 aliphatic rings. The Labute approximate surface area is 384 Å². The molecular formula is C47H48ClN7O9S. The molecule has 0 radical (unpaired) electrons. The Kier molecular flexibility index (Phi) is 14.2. The van der Waals surface area contributed by atoms with Crippen LogP contribution in [0.4, 0.5) is 11.4 Å². The van der Waals surface area contributed by atoms with Crippen molar-refractivity contribution in [3.63, 3.8) is 0 Å². The predicted octanol–water partition coefficient (Wildman–Crippen LogP) is 6.41. The fraction of sp³-hybridized carbons (Fsp3) is 0.340. The number of hydrogen-bond donors (Lipinski definition) is 3. The maximum Gasteiger partial charge on any atom is 0.264 e. The van der Waals surface area contributed by atoms with E-state index in [0.717, 1.165) is 38.2 Å². The summed E-state index contributed by atoms with van der Waals surface area (Å²) in [4.78, 5) is 65.9. The van der Waals surface area contributed by atoms with Crippen molar-refractivity contribution in [2.24, 2.45) is 0 Å². The predicted molar refractivity (Wildman–Crippen MR) is 244 cm³/mol. The molecule has 16 nitrogen and oxygen atoms in total. The maximum atomic E-state index is 13.6. The molecule has 1 fully saturated rings. The fourth-order valence-corrected chi connectivity index (χ4v) is 9.41. The van der Waals surface area contributed by atoms with Crippen molar-refractivity contribution in [2.75, 3.05) is 63.4 Å². The number of benzene rings is 3. The van der Waals surface area contributed by atoms with Crippen LogP contribution in [0.1, 0.15) is 79.1 Å². The van der Waals surface area contributed by atoms with Crippen LogP contribution in [0, 0.1) is 20.8 Å². The van der Waals surface area contributed by atoms with Gasteiger partial charge >= 0.3 is 0 Å². The van der Waals surface area contributed by atoms with Gasteiger partial charge in [-0.1, -0.05) is 35.9 Å². The van der Waals surface area contributed by atoms with E-state index in [-0.39, 0.29) is 42.2 Å². The average Bonchev–Trinajstić information content (AvgIpc) is 3.87. The Morgan fingerprint density at radius 3 is 2.28 bits per heavy atom. The van der Waals surface area contributed by atoms with E-state index in [1.807, 2.05) is 31.2 Å². The number of anilines is 2. The van der Waals surface area contributed by atoms with Gasteiger partial charge in [-0.15, -0.1) is 21.5 Å². The minimum atomic E-state index is -1.02. The summed E-state index contributed by atoms with van der Waals surface area (Å²) in [6, 6.07) is 18.8. The average molecular weight is 922 g/mol. The summed E-state index contributed by atoms with van der Waals surface area (Å²) in [6.45, 7) is 8.99. The second kappa shape index (κ2) is 20.3. The van der Waals surface area contributed by atoms with E-state index in [1.165, 1.54) is 10.4 Å². The number of fused-ring (bicyclic) bond motifs is 4. The highest BCUT2D eigenvalue weighted by molar-refractivity contribution is 7.15. The maximum absolute atomic E-state index is 13.6. The normalized spacial score (nSPS) is 16.7. The zero-order valence-electron chi connectivity index (χ0n) is 36.1. The molecule has 1 unspecified atom stereocenters. The first-order valence-electron chi connectivity index (χ1n) is 21.3. The number of aryl methyl sites for hydroxylation is 2. The quantitative estimate of drug-likeness (QED) is 0.0611. The number of aromatic nitrogens is 3. The molecule has 18 heteroatoms. The molecule has 0 bridgehead atoms. The molecule has 2 atom stereocenters. The van der Waals surface area contributed by atoms with E-state index in [0.29, 0.717) is 74.9 Å². The molecule has 65 heavy (non-hydrogen) atoms. The first-order valence-corrected chi connectivity index (χ1v) is 22.5. The highest BCUT2D eigenvalue weighted by Gasteiger charge is 2.45. The van der Waals surface area contributed by atoms with Crippen molar-refractivity contribution >= 4 is 69.4 Å². The SMILES string of the molecule is Cc1sc2c(c1C)C(c1ccc(Cl)cc1)=C[C@@H](CC(=O)Nc1ccc(OCCOCCOCCOCCNc3cccc4c3C(=O)N(C3CCC(=O)NC3=O)C4=O)cc1)c1nnc(C)n1-2. The van der Waals surface area contributed by atoms with Gasteiger partial charge in [0.05, 0.1) is 50.8 Å². The molecule has 3 N–H and O–H groups in total. The minimum absolute atomic E-state index is 0.0559. The Morgan fingerprint density at radius 2 is 1.55 bits per heavy atom. The van der Waals surface area contributed by atoms with Gasteiger partial charge < -0.3 is 29.6 Å². The zero-order chi connectivity index (χ0) is 45.6. The molecule has 2 aromatic heterocycles. The van der Waals surface area contributed by atoms with Gasteiger partial charge in [0.15, 0.2) is 0 Å². The van der Waals surface area contributed by atoms with Crippen LogP contribution in [0.2, 0.25) is 5.02 Å². The number of hydrogen-bond acceptors (Lipinski definition) is 13. The molecule has 0 saturated carbocycles. The largest absolute Gasteiger partial charge is 0.491 e. The second-order valence-corrected chi connectivity index (χ2v) is 17.3. The van der Waals surface area contributed by atoms with Crippen LogP contribution in [0.25, 0.3) is 10.6 Å². The summed E-state index contributed by atoms with van der Waals surface area (Å²) in [5.41, 5.74) is 5.85. The number of thiophene rings is 1. The van der Waals surface area contributed by atoms with Crippen LogP contribution in [-0.2, 0) is 28.6 Å². The van der Waals surface area contributed by atoms with E-state index in [1.54, 1.807) is 53.8 Å². The van der Waals surface area contributed by atoms with Gasteiger partial charge in [-0.25, -0.2) is 0 Å². The Bertz CT molecular complexity index is 2640. The van der Waals surface area contributed by atoms with Gasteiger partial charge in [-0.05, 0) is 92.4 Å². The van der Waals surface area contributed by atoms with Gasteiger partial charge in [0.2, 0.25) is 17.7 Å². The summed E-state index contributed by atoms with van der Waals surface area (Å²) >= 11 is 7.95. The van der Waals surface area contributed by atoms with Crippen molar-refractivity contribution in [1.82, 2.24) is 25.0 Å². The third-order valence-electron chi connectivity index (χ3n) is 11.4. The topological polar surface area (TPSA) is 192 Å². The lowest BCUT2D eigenvalue weighted by Gasteiger charge is -2.27. The van der Waals surface area contributed by atoms with E-state index in [2.05, 4.69) is 50.6 Å². The molecule has 8 rings (SSSR count). The summed E-state index contributed by atoms with van der Waals surface area (Å²) in [7, 11) is 0. The molecule has 0 aliphatic carbocycles. The lowest BCUT2D eigenvalue weighted by molar-refractivity contribution is -0.136. The van der Waals surface area contributed by atoms with Crippen LogP contribution < -0.4 is 20.7 Å². The molecule has 1 saturated heterocycles. The van der Waals surface area contributed by atoms with Crippen LogP contribution in [0.3, 0.4) is 0 Å². The number of nitrogens with one attached hydrogen (secondary N) is 3.